The van der Waals surface area contributed by atoms with E-state index < -0.39 is 15.9 Å². The Balaban J connectivity index is 1.56. The number of Topliss-reactive ketones (excluding diaryl/α,β-unsaturated/α-hetero) is 1. The lowest BCUT2D eigenvalue weighted by Crippen LogP contribution is -2.26. The van der Waals surface area contributed by atoms with Crippen molar-refractivity contribution in [2.75, 3.05) is 11.9 Å². The minimum absolute atomic E-state index is 0.0955. The first-order valence-corrected chi connectivity index (χ1v) is 11.4. The van der Waals surface area contributed by atoms with Gasteiger partial charge in [0.15, 0.2) is 12.4 Å². The Hall–Kier alpha value is -3.49. The molecule has 0 fully saturated rings. The van der Waals surface area contributed by atoms with Crippen molar-refractivity contribution in [3.8, 4) is 5.75 Å². The second kappa shape index (κ2) is 10.2. The summed E-state index contributed by atoms with van der Waals surface area (Å²) in [7, 11) is -3.72. The van der Waals surface area contributed by atoms with Gasteiger partial charge in [-0.3, -0.25) is 9.59 Å². The summed E-state index contributed by atoms with van der Waals surface area (Å²) in [5.74, 6) is -0.145. The van der Waals surface area contributed by atoms with Crippen molar-refractivity contribution in [2.24, 2.45) is 0 Å². The van der Waals surface area contributed by atoms with Gasteiger partial charge in [0.2, 0.25) is 10.0 Å². The number of carbonyl (C=O) groups excluding carboxylic acids is 2. The average molecular weight is 453 g/mol. The van der Waals surface area contributed by atoms with Gasteiger partial charge >= 0.3 is 0 Å². The zero-order chi connectivity index (χ0) is 23.1. The van der Waals surface area contributed by atoms with Crippen molar-refractivity contribution in [1.29, 1.82) is 0 Å². The molecule has 1 atom stereocenters. The smallest absolute Gasteiger partial charge is 0.262 e. The van der Waals surface area contributed by atoms with Gasteiger partial charge in [0.25, 0.3) is 5.91 Å². The molecule has 166 valence electrons. The van der Waals surface area contributed by atoms with E-state index in [9.17, 15) is 18.0 Å². The molecule has 2 N–H and O–H groups in total. The van der Waals surface area contributed by atoms with Crippen LogP contribution in [0.4, 0.5) is 5.69 Å². The van der Waals surface area contributed by atoms with Crippen LogP contribution in [0.5, 0.6) is 5.75 Å². The fourth-order valence-electron chi connectivity index (χ4n) is 2.99. The van der Waals surface area contributed by atoms with Crippen molar-refractivity contribution in [3.63, 3.8) is 0 Å². The third kappa shape index (κ3) is 6.26. The number of benzene rings is 3. The van der Waals surface area contributed by atoms with Gasteiger partial charge in [-0.25, -0.2) is 13.1 Å². The van der Waals surface area contributed by atoms with Crippen LogP contribution in [0, 0.1) is 0 Å². The molecule has 0 aliphatic rings. The SMILES string of the molecule is CC(=O)c1cccc(NC(=O)COc2ccc(S(=O)(=O)N[C@H](C)c3ccccc3)cc2)c1. The molecule has 0 radical (unpaired) electrons. The molecule has 8 heteroatoms. The number of hydrogen-bond donors (Lipinski definition) is 2. The van der Waals surface area contributed by atoms with E-state index in [4.69, 9.17) is 4.74 Å². The molecule has 0 bridgehead atoms. The van der Waals surface area contributed by atoms with Crippen LogP contribution in [0.15, 0.2) is 83.8 Å². The highest BCUT2D eigenvalue weighted by atomic mass is 32.2. The number of amides is 1. The van der Waals surface area contributed by atoms with Crippen molar-refractivity contribution >= 4 is 27.4 Å². The molecule has 7 nitrogen and oxygen atoms in total. The monoisotopic (exact) mass is 452 g/mol. The van der Waals surface area contributed by atoms with Gasteiger partial charge < -0.3 is 10.1 Å². The van der Waals surface area contributed by atoms with Crippen molar-refractivity contribution < 1.29 is 22.7 Å². The molecular weight excluding hydrogens is 428 g/mol. The van der Waals surface area contributed by atoms with E-state index in [1.807, 2.05) is 30.3 Å². The van der Waals surface area contributed by atoms with E-state index in [1.54, 1.807) is 31.2 Å². The topological polar surface area (TPSA) is 102 Å². The molecule has 3 aromatic carbocycles. The molecule has 0 heterocycles. The first-order valence-electron chi connectivity index (χ1n) is 9.95. The van der Waals surface area contributed by atoms with Crippen LogP contribution < -0.4 is 14.8 Å². The van der Waals surface area contributed by atoms with Crippen LogP contribution in [-0.4, -0.2) is 26.7 Å². The van der Waals surface area contributed by atoms with Crippen molar-refractivity contribution in [1.82, 2.24) is 4.72 Å². The minimum Gasteiger partial charge on any atom is -0.484 e. The maximum atomic E-state index is 12.6. The lowest BCUT2D eigenvalue weighted by Gasteiger charge is -2.15. The first-order chi connectivity index (χ1) is 15.2. The van der Waals surface area contributed by atoms with Gasteiger partial charge in [0.1, 0.15) is 5.75 Å². The summed E-state index contributed by atoms with van der Waals surface area (Å²) >= 11 is 0. The van der Waals surface area contributed by atoms with E-state index >= 15 is 0 Å². The summed E-state index contributed by atoms with van der Waals surface area (Å²) in [4.78, 5) is 23.7. The molecule has 0 saturated carbocycles. The maximum Gasteiger partial charge on any atom is 0.262 e. The van der Waals surface area contributed by atoms with Crippen LogP contribution in [-0.2, 0) is 14.8 Å². The number of rotatable bonds is 9. The zero-order valence-electron chi connectivity index (χ0n) is 17.7. The summed E-state index contributed by atoms with van der Waals surface area (Å²) < 4.78 is 33.3. The molecule has 0 unspecified atom stereocenters. The molecule has 0 spiro atoms. The molecule has 1 amide bonds. The second-order valence-corrected chi connectivity index (χ2v) is 8.91. The normalized spacial score (nSPS) is 12.1. The van der Waals surface area contributed by atoms with Gasteiger partial charge in [-0.15, -0.1) is 0 Å². The Morgan fingerprint density at radius 1 is 0.938 bits per heavy atom. The number of nitrogens with one attached hydrogen (secondary N) is 2. The molecule has 3 aromatic rings. The fraction of sp³-hybridized carbons (Fsp3) is 0.167. The van der Waals surface area contributed by atoms with Gasteiger partial charge in [-0.05, 0) is 55.8 Å². The molecule has 0 saturated heterocycles. The van der Waals surface area contributed by atoms with E-state index in [0.717, 1.165) is 5.56 Å². The summed E-state index contributed by atoms with van der Waals surface area (Å²) in [6, 6.07) is 21.3. The molecule has 0 aromatic heterocycles. The summed E-state index contributed by atoms with van der Waals surface area (Å²) in [6.07, 6.45) is 0. The predicted octanol–water partition coefficient (Wildman–Crippen LogP) is 3.95. The van der Waals surface area contributed by atoms with Crippen LogP contribution in [0.2, 0.25) is 0 Å². The second-order valence-electron chi connectivity index (χ2n) is 7.20. The minimum atomic E-state index is -3.72. The molecule has 32 heavy (non-hydrogen) atoms. The highest BCUT2D eigenvalue weighted by molar-refractivity contribution is 7.89. The van der Waals surface area contributed by atoms with E-state index in [1.165, 1.54) is 31.2 Å². The number of ether oxygens (including phenoxy) is 1. The number of anilines is 1. The number of ketones is 1. The molecule has 0 aliphatic heterocycles. The Labute approximate surface area is 187 Å². The van der Waals surface area contributed by atoms with Crippen LogP contribution >= 0.6 is 0 Å². The Bertz CT molecular complexity index is 1190. The van der Waals surface area contributed by atoms with Crippen LogP contribution in [0.3, 0.4) is 0 Å². The highest BCUT2D eigenvalue weighted by Crippen LogP contribution is 2.19. The summed E-state index contributed by atoms with van der Waals surface area (Å²) in [5.41, 5.74) is 1.85. The average Bonchev–Trinajstić information content (AvgIpc) is 2.78. The summed E-state index contributed by atoms with van der Waals surface area (Å²) in [6.45, 7) is 2.96. The largest absolute Gasteiger partial charge is 0.484 e. The third-order valence-electron chi connectivity index (χ3n) is 4.69. The highest BCUT2D eigenvalue weighted by Gasteiger charge is 2.18. The number of sulfonamides is 1. The summed E-state index contributed by atoms with van der Waals surface area (Å²) in [5, 5.41) is 2.66. The number of hydrogen-bond acceptors (Lipinski definition) is 5. The van der Waals surface area contributed by atoms with Crippen molar-refractivity contribution in [2.45, 2.75) is 24.8 Å². The predicted molar refractivity (Wildman–Crippen MR) is 122 cm³/mol. The van der Waals surface area contributed by atoms with Gasteiger partial charge in [-0.1, -0.05) is 42.5 Å². The van der Waals surface area contributed by atoms with E-state index in [2.05, 4.69) is 10.0 Å². The molecule has 0 aliphatic carbocycles. The molecular formula is C24H24N2O5S. The zero-order valence-corrected chi connectivity index (χ0v) is 18.6. The van der Waals surface area contributed by atoms with Crippen molar-refractivity contribution in [3.05, 3.63) is 90.0 Å². The third-order valence-corrected chi connectivity index (χ3v) is 6.24. The van der Waals surface area contributed by atoms with Crippen LogP contribution in [0.25, 0.3) is 0 Å². The fourth-order valence-corrected chi connectivity index (χ4v) is 4.22. The van der Waals surface area contributed by atoms with Gasteiger partial charge in [-0.2, -0.15) is 0 Å². The molecule has 3 rings (SSSR count). The quantitative estimate of drug-likeness (QED) is 0.479. The first kappa shape index (κ1) is 23.2. The Kier molecular flexibility index (Phi) is 7.40. The lowest BCUT2D eigenvalue weighted by molar-refractivity contribution is -0.118. The Morgan fingerprint density at radius 2 is 1.62 bits per heavy atom. The lowest BCUT2D eigenvalue weighted by atomic mass is 10.1. The Morgan fingerprint density at radius 3 is 2.28 bits per heavy atom. The van der Waals surface area contributed by atoms with Gasteiger partial charge in [0.05, 0.1) is 4.90 Å². The van der Waals surface area contributed by atoms with E-state index in [-0.39, 0.29) is 23.3 Å². The number of carbonyl (C=O) groups is 2. The van der Waals surface area contributed by atoms with Crippen LogP contribution in [0.1, 0.15) is 35.8 Å². The van der Waals surface area contributed by atoms with E-state index in [0.29, 0.717) is 17.0 Å². The van der Waals surface area contributed by atoms with Gasteiger partial charge in [0, 0.05) is 17.3 Å². The maximum absolute atomic E-state index is 12.6. The standard InChI is InChI=1S/C24H24N2O5S/c1-17(19-7-4-3-5-8-19)26-32(29,30)23-13-11-22(12-14-23)31-16-24(28)25-21-10-6-9-20(15-21)18(2)27/h3-15,17,26H,16H2,1-2H3,(H,25,28)/t17-/m1/s1.